The molecule has 3 aromatic rings. The second-order valence-electron chi connectivity index (χ2n) is 11.5. The van der Waals surface area contributed by atoms with Crippen LogP contribution in [0.2, 0.25) is 0 Å². The fourth-order valence-electron chi connectivity index (χ4n) is 5.35. The van der Waals surface area contributed by atoms with Gasteiger partial charge in [-0.05, 0) is 65.1 Å². The minimum absolute atomic E-state index is 0.0512. The summed E-state index contributed by atoms with van der Waals surface area (Å²) in [7, 11) is 1.62. The van der Waals surface area contributed by atoms with Gasteiger partial charge in [0.05, 0.1) is 12.8 Å². The van der Waals surface area contributed by atoms with Gasteiger partial charge in [0.1, 0.15) is 17.5 Å². The van der Waals surface area contributed by atoms with Gasteiger partial charge in [-0.25, -0.2) is 9.78 Å². The first kappa shape index (κ1) is 27.4. The number of fused-ring (bicyclic) bond motifs is 1. The fourth-order valence-corrected chi connectivity index (χ4v) is 5.35. The van der Waals surface area contributed by atoms with E-state index in [4.69, 9.17) is 9.72 Å². The van der Waals surface area contributed by atoms with Crippen LogP contribution in [0, 0.1) is 5.92 Å². The minimum atomic E-state index is -1.19. The average molecular weight is 515 g/mol. The monoisotopic (exact) mass is 514 g/mol. The molecular weight excluding hydrogens is 476 g/mol. The van der Waals surface area contributed by atoms with Gasteiger partial charge in [-0.1, -0.05) is 77.3 Å². The number of hydrogen-bond acceptors (Lipinski definition) is 4. The van der Waals surface area contributed by atoms with E-state index in [0.29, 0.717) is 17.2 Å². The summed E-state index contributed by atoms with van der Waals surface area (Å²) in [6, 6.07) is 13.1. The summed E-state index contributed by atoms with van der Waals surface area (Å²) < 4.78 is 5.73. The average Bonchev–Trinajstić information content (AvgIpc) is 3.38. The van der Waals surface area contributed by atoms with E-state index in [-0.39, 0.29) is 11.1 Å². The molecule has 4 rings (SSSR count). The minimum Gasteiger partial charge on any atom is -0.496 e. The number of aliphatic carboxylic acids is 1. The second kappa shape index (κ2) is 11.0. The van der Waals surface area contributed by atoms with E-state index in [2.05, 4.69) is 63.0 Å². The zero-order valence-electron chi connectivity index (χ0n) is 23.1. The molecule has 38 heavy (non-hydrogen) atoms. The van der Waals surface area contributed by atoms with Crippen molar-refractivity contribution in [1.82, 2.24) is 10.3 Å². The molecule has 6 nitrogen and oxygen atoms in total. The molecule has 0 saturated heterocycles. The summed E-state index contributed by atoms with van der Waals surface area (Å²) in [4.78, 5) is 29.8. The number of benzene rings is 2. The van der Waals surface area contributed by atoms with Crippen LogP contribution in [0.1, 0.15) is 75.1 Å². The molecular formula is C32H38N2O4. The van der Waals surface area contributed by atoms with Crippen molar-refractivity contribution in [1.29, 1.82) is 0 Å². The van der Waals surface area contributed by atoms with E-state index in [9.17, 15) is 14.7 Å². The van der Waals surface area contributed by atoms with Gasteiger partial charge < -0.3 is 15.2 Å². The lowest BCUT2D eigenvalue weighted by molar-refractivity contribution is -0.138. The fraction of sp³-hybridized carbons (Fsp3) is 0.406. The number of carbonyl (C=O) groups excluding carboxylic acids is 1. The van der Waals surface area contributed by atoms with E-state index >= 15 is 0 Å². The van der Waals surface area contributed by atoms with E-state index in [1.54, 1.807) is 20.1 Å². The van der Waals surface area contributed by atoms with Crippen molar-refractivity contribution in [3.63, 3.8) is 0 Å². The summed E-state index contributed by atoms with van der Waals surface area (Å²) in [5.41, 5.74) is 4.79. The first-order valence-electron chi connectivity index (χ1n) is 13.3. The Balaban J connectivity index is 1.89. The van der Waals surface area contributed by atoms with E-state index in [0.717, 1.165) is 46.9 Å². The summed E-state index contributed by atoms with van der Waals surface area (Å²) in [6.45, 7) is 11.9. The normalized spacial score (nSPS) is 14.9. The molecule has 200 valence electrons. The maximum atomic E-state index is 13.3. The summed E-state index contributed by atoms with van der Waals surface area (Å²) in [6.07, 6.45) is 5.42. The van der Waals surface area contributed by atoms with Gasteiger partial charge in [0.2, 0.25) is 0 Å². The number of hydrogen-bond donors (Lipinski definition) is 2. The van der Waals surface area contributed by atoms with Crippen molar-refractivity contribution >= 4 is 22.6 Å². The van der Waals surface area contributed by atoms with Crippen LogP contribution in [0.4, 0.5) is 0 Å². The number of nitrogens with one attached hydrogen (secondary N) is 1. The van der Waals surface area contributed by atoms with E-state index in [1.807, 2.05) is 6.07 Å². The predicted molar refractivity (Wildman–Crippen MR) is 152 cm³/mol. The molecule has 6 heteroatoms. The van der Waals surface area contributed by atoms with Gasteiger partial charge in [-0.3, -0.25) is 4.79 Å². The van der Waals surface area contributed by atoms with Gasteiger partial charge in [-0.15, -0.1) is 0 Å². The largest absolute Gasteiger partial charge is 0.496 e. The van der Waals surface area contributed by atoms with Gasteiger partial charge in [-0.2, -0.15) is 0 Å². The molecule has 1 amide bonds. The number of carbonyl (C=O) groups is 2. The molecule has 0 radical (unpaired) electrons. The third kappa shape index (κ3) is 5.74. The molecule has 2 N–H and O–H groups in total. The molecule has 1 aliphatic rings. The van der Waals surface area contributed by atoms with E-state index in [1.165, 1.54) is 18.4 Å². The summed E-state index contributed by atoms with van der Waals surface area (Å²) in [5, 5.41) is 13.9. The zero-order chi connectivity index (χ0) is 27.6. The van der Waals surface area contributed by atoms with Crippen molar-refractivity contribution < 1.29 is 19.4 Å². The Morgan fingerprint density at radius 1 is 1.13 bits per heavy atom. The maximum Gasteiger partial charge on any atom is 0.330 e. The first-order chi connectivity index (χ1) is 18.0. The molecule has 0 unspecified atom stereocenters. The smallest absolute Gasteiger partial charge is 0.330 e. The quantitative estimate of drug-likeness (QED) is 0.327. The molecule has 1 atom stereocenters. The highest BCUT2D eigenvalue weighted by Gasteiger charge is 2.26. The molecule has 1 aromatic heterocycles. The molecule has 2 aromatic carbocycles. The van der Waals surface area contributed by atoms with Gasteiger partial charge in [0.25, 0.3) is 5.91 Å². The topological polar surface area (TPSA) is 88.5 Å². The number of aromatic nitrogens is 1. The molecule has 1 heterocycles. The van der Waals surface area contributed by atoms with Crippen LogP contribution < -0.4 is 10.1 Å². The van der Waals surface area contributed by atoms with Crippen LogP contribution in [0.5, 0.6) is 5.75 Å². The molecule has 1 fully saturated rings. The zero-order valence-corrected chi connectivity index (χ0v) is 23.1. The van der Waals surface area contributed by atoms with Crippen molar-refractivity contribution in [2.75, 3.05) is 7.11 Å². The summed E-state index contributed by atoms with van der Waals surface area (Å²) >= 11 is 0. The maximum absolute atomic E-state index is 13.3. The summed E-state index contributed by atoms with van der Waals surface area (Å²) in [5.74, 6) is -0.560. The van der Waals surface area contributed by atoms with Crippen molar-refractivity contribution in [2.45, 2.75) is 71.3 Å². The van der Waals surface area contributed by atoms with Gasteiger partial charge >= 0.3 is 5.97 Å². The van der Waals surface area contributed by atoms with Crippen molar-refractivity contribution in [3.05, 3.63) is 71.6 Å². The van der Waals surface area contributed by atoms with Crippen LogP contribution >= 0.6 is 0 Å². The van der Waals surface area contributed by atoms with Crippen LogP contribution in [0.15, 0.2) is 54.6 Å². The number of nitrogens with zero attached hydrogens (tertiary/aromatic N) is 1. The number of ether oxygens (including phenoxy) is 1. The molecule has 0 aliphatic heterocycles. The predicted octanol–water partition coefficient (Wildman–Crippen LogP) is 6.70. The lowest BCUT2D eigenvalue weighted by atomic mass is 9.85. The third-order valence-electron chi connectivity index (χ3n) is 7.52. The number of rotatable bonds is 8. The SMILES string of the molecule is C=C(C)[C@@H](NC(=O)c1cc2c(OC)ccc(-c3ccc(C(C)(C)C)cc3)c2c(CC2CCCC2)n1)C(=O)O. The number of carboxylic acid groups (broad SMARTS) is 1. The highest BCUT2D eigenvalue weighted by molar-refractivity contribution is 6.05. The van der Waals surface area contributed by atoms with Crippen LogP contribution in [0.3, 0.4) is 0 Å². The molecule has 0 bridgehead atoms. The number of carboxylic acids is 1. The highest BCUT2D eigenvalue weighted by atomic mass is 16.5. The number of methoxy groups -OCH3 is 1. The Morgan fingerprint density at radius 2 is 1.79 bits per heavy atom. The Labute approximate surface area is 225 Å². The second-order valence-corrected chi connectivity index (χ2v) is 11.5. The Kier molecular flexibility index (Phi) is 7.91. The van der Waals surface area contributed by atoms with Crippen LogP contribution in [-0.2, 0) is 16.6 Å². The third-order valence-corrected chi connectivity index (χ3v) is 7.52. The first-order valence-corrected chi connectivity index (χ1v) is 13.3. The van der Waals surface area contributed by atoms with Gasteiger partial charge in [0, 0.05) is 10.8 Å². The van der Waals surface area contributed by atoms with Crippen LogP contribution in [0.25, 0.3) is 21.9 Å². The lowest BCUT2D eigenvalue weighted by Gasteiger charge is -2.21. The number of pyridine rings is 1. The number of amides is 1. The van der Waals surface area contributed by atoms with Crippen molar-refractivity contribution in [2.24, 2.45) is 5.92 Å². The lowest BCUT2D eigenvalue weighted by Crippen LogP contribution is -2.41. The van der Waals surface area contributed by atoms with Crippen LogP contribution in [-0.4, -0.2) is 35.1 Å². The Morgan fingerprint density at radius 3 is 2.34 bits per heavy atom. The Bertz CT molecular complexity index is 1350. The molecule has 1 aliphatic carbocycles. The van der Waals surface area contributed by atoms with E-state index < -0.39 is 17.9 Å². The Hall–Kier alpha value is -3.67. The molecule has 1 saturated carbocycles. The standard InChI is InChI=1S/C32H38N2O4/c1-19(2)29(31(36)37)34-30(35)26-18-24-27(38-6)16-15-23(21-11-13-22(14-12-21)32(3,4)5)28(24)25(33-26)17-20-9-7-8-10-20/h11-16,18,20,29H,1,7-10,17H2,2-6H3,(H,34,35)(H,36,37)/t29-/m1/s1. The highest BCUT2D eigenvalue weighted by Crippen LogP contribution is 2.39. The van der Waals surface area contributed by atoms with Gasteiger partial charge in [0.15, 0.2) is 0 Å². The van der Waals surface area contributed by atoms with Crippen molar-refractivity contribution in [3.8, 4) is 16.9 Å². The molecule has 0 spiro atoms.